The van der Waals surface area contributed by atoms with E-state index in [-0.39, 0.29) is 24.8 Å². The summed E-state index contributed by atoms with van der Waals surface area (Å²) < 4.78 is 12.9. The number of nitrogens with zero attached hydrogens (tertiary/aromatic N) is 3. The van der Waals surface area contributed by atoms with E-state index in [9.17, 15) is 9.59 Å². The van der Waals surface area contributed by atoms with Crippen molar-refractivity contribution in [3.05, 3.63) is 41.2 Å². The fraction of sp³-hybridized carbons (Fsp3) is 0.353. The number of ether oxygens (including phenoxy) is 2. The van der Waals surface area contributed by atoms with Gasteiger partial charge in [0.15, 0.2) is 11.7 Å². The van der Waals surface area contributed by atoms with Crippen LogP contribution in [0.2, 0.25) is 0 Å². The van der Waals surface area contributed by atoms with E-state index in [0.29, 0.717) is 30.2 Å². The number of nitrogens with two attached hydrogens (primary N) is 1. The lowest BCUT2D eigenvalue weighted by atomic mass is 10.1. The molecule has 25 heavy (non-hydrogen) atoms. The molecule has 2 amide bonds. The molecule has 4 rings (SSSR count). The maximum absolute atomic E-state index is 13.0. The van der Waals surface area contributed by atoms with Crippen LogP contribution in [0, 0.1) is 0 Å². The third-order valence-electron chi connectivity index (χ3n) is 4.62. The summed E-state index contributed by atoms with van der Waals surface area (Å²) in [6.45, 7) is 0.905. The number of rotatable bonds is 2. The number of benzene rings is 1. The monoisotopic (exact) mass is 342 g/mol. The Kier molecular flexibility index (Phi) is 3.69. The molecule has 1 aromatic heterocycles. The molecule has 1 atom stereocenters. The van der Waals surface area contributed by atoms with Crippen molar-refractivity contribution in [1.82, 2.24) is 9.78 Å². The summed E-state index contributed by atoms with van der Waals surface area (Å²) in [4.78, 5) is 26.3. The predicted molar refractivity (Wildman–Crippen MR) is 88.5 cm³/mol. The molecule has 8 nitrogen and oxygen atoms in total. The maximum atomic E-state index is 13.0. The lowest BCUT2D eigenvalue weighted by molar-refractivity contribution is -0.122. The summed E-state index contributed by atoms with van der Waals surface area (Å²) >= 11 is 0. The van der Waals surface area contributed by atoms with Crippen LogP contribution in [-0.2, 0) is 22.6 Å². The number of primary amides is 1. The maximum Gasteiger partial charge on any atom is 0.269 e. The minimum absolute atomic E-state index is 0.118. The Bertz CT molecular complexity index is 860. The molecule has 0 saturated heterocycles. The molecule has 2 aliphatic rings. The van der Waals surface area contributed by atoms with Gasteiger partial charge in [0.05, 0.1) is 24.6 Å². The van der Waals surface area contributed by atoms with Gasteiger partial charge in [0.1, 0.15) is 12.4 Å². The van der Waals surface area contributed by atoms with Gasteiger partial charge in [-0.2, -0.15) is 5.10 Å². The van der Waals surface area contributed by atoms with Crippen molar-refractivity contribution in [2.24, 2.45) is 5.73 Å². The number of fused-ring (bicyclic) bond motifs is 2. The molecular formula is C17H18N4O4. The highest BCUT2D eigenvalue weighted by molar-refractivity contribution is 5.98. The van der Waals surface area contributed by atoms with Gasteiger partial charge in [0, 0.05) is 19.0 Å². The first-order valence-electron chi connectivity index (χ1n) is 8.05. The number of hydrogen-bond acceptors (Lipinski definition) is 5. The van der Waals surface area contributed by atoms with Crippen LogP contribution in [0.15, 0.2) is 24.3 Å². The van der Waals surface area contributed by atoms with E-state index in [1.807, 2.05) is 24.3 Å². The number of aromatic nitrogens is 2. The Morgan fingerprint density at radius 2 is 2.16 bits per heavy atom. The van der Waals surface area contributed by atoms with Crippen molar-refractivity contribution < 1.29 is 19.1 Å². The zero-order chi connectivity index (χ0) is 17.6. The van der Waals surface area contributed by atoms with Crippen LogP contribution in [0.1, 0.15) is 27.8 Å². The van der Waals surface area contributed by atoms with E-state index >= 15 is 0 Å². The van der Waals surface area contributed by atoms with Crippen molar-refractivity contribution in [2.45, 2.75) is 19.1 Å². The molecule has 8 heteroatoms. The number of carbonyl (C=O) groups excluding carboxylic acids is 2. The van der Waals surface area contributed by atoms with Crippen LogP contribution in [-0.4, -0.2) is 41.9 Å². The second kappa shape index (κ2) is 5.89. The lowest BCUT2D eigenvalue weighted by Gasteiger charge is -2.22. The van der Waals surface area contributed by atoms with Crippen LogP contribution < -0.4 is 15.4 Å². The molecule has 3 heterocycles. The minimum Gasteiger partial charge on any atom is -0.489 e. The van der Waals surface area contributed by atoms with E-state index in [0.717, 1.165) is 5.56 Å². The summed E-state index contributed by atoms with van der Waals surface area (Å²) in [5, 5.41) is 4.34. The van der Waals surface area contributed by atoms with Gasteiger partial charge in [0.25, 0.3) is 11.8 Å². The predicted octanol–water partition coefficient (Wildman–Crippen LogP) is 0.651. The zero-order valence-corrected chi connectivity index (χ0v) is 13.8. The lowest BCUT2D eigenvalue weighted by Crippen LogP contribution is -2.37. The fourth-order valence-corrected chi connectivity index (χ4v) is 3.33. The molecule has 1 aromatic carbocycles. The first-order valence-corrected chi connectivity index (χ1v) is 8.05. The summed E-state index contributed by atoms with van der Waals surface area (Å²) in [5.41, 5.74) is 7.83. The Hall–Kier alpha value is -2.87. The molecule has 0 aliphatic carbocycles. The second-order valence-corrected chi connectivity index (χ2v) is 6.08. The topological polar surface area (TPSA) is 99.7 Å². The third kappa shape index (κ3) is 2.45. The molecule has 0 radical (unpaired) electrons. The number of anilines is 1. The Morgan fingerprint density at radius 1 is 1.36 bits per heavy atom. The molecule has 0 fully saturated rings. The van der Waals surface area contributed by atoms with E-state index in [4.69, 9.17) is 15.2 Å². The number of likely N-dealkylation sites (N-methyl/N-ethyl adjacent to an activating group) is 1. The van der Waals surface area contributed by atoms with E-state index in [1.165, 1.54) is 0 Å². The number of para-hydroxylation sites is 2. The first kappa shape index (κ1) is 15.6. The average molecular weight is 342 g/mol. The SMILES string of the molecule is CN1C(=O)[C@@H](n2nc(C(N)=O)c3c2COCC3)COc2ccccc21. The van der Waals surface area contributed by atoms with E-state index in [1.54, 1.807) is 16.6 Å². The Labute approximate surface area is 144 Å². The van der Waals surface area contributed by atoms with Crippen LogP contribution in [0.5, 0.6) is 5.75 Å². The smallest absolute Gasteiger partial charge is 0.269 e. The quantitative estimate of drug-likeness (QED) is 0.864. The summed E-state index contributed by atoms with van der Waals surface area (Å²) in [6, 6.07) is 6.65. The molecule has 2 aliphatic heterocycles. The molecule has 0 bridgehead atoms. The van der Waals surface area contributed by atoms with Crippen molar-refractivity contribution in [1.29, 1.82) is 0 Å². The van der Waals surface area contributed by atoms with Crippen LogP contribution in [0.25, 0.3) is 0 Å². The van der Waals surface area contributed by atoms with Crippen molar-refractivity contribution in [3.63, 3.8) is 0 Å². The van der Waals surface area contributed by atoms with Gasteiger partial charge < -0.3 is 20.1 Å². The zero-order valence-electron chi connectivity index (χ0n) is 13.8. The first-order chi connectivity index (χ1) is 12.1. The van der Waals surface area contributed by atoms with Gasteiger partial charge in [-0.1, -0.05) is 12.1 Å². The Morgan fingerprint density at radius 3 is 2.96 bits per heavy atom. The highest BCUT2D eigenvalue weighted by Gasteiger charge is 2.35. The van der Waals surface area contributed by atoms with Gasteiger partial charge >= 0.3 is 0 Å². The molecule has 0 saturated carbocycles. The van der Waals surface area contributed by atoms with Gasteiger partial charge in [-0.15, -0.1) is 0 Å². The number of hydrogen-bond donors (Lipinski definition) is 1. The van der Waals surface area contributed by atoms with Gasteiger partial charge in [-0.05, 0) is 12.1 Å². The summed E-state index contributed by atoms with van der Waals surface area (Å²) in [7, 11) is 1.70. The summed E-state index contributed by atoms with van der Waals surface area (Å²) in [5.74, 6) is -0.138. The molecular weight excluding hydrogens is 324 g/mol. The Balaban J connectivity index is 1.78. The normalized spacial score (nSPS) is 19.6. The van der Waals surface area contributed by atoms with Crippen LogP contribution in [0.3, 0.4) is 0 Å². The number of carbonyl (C=O) groups is 2. The molecule has 2 aromatic rings. The van der Waals surface area contributed by atoms with E-state index < -0.39 is 11.9 Å². The van der Waals surface area contributed by atoms with Crippen molar-refractivity contribution in [2.75, 3.05) is 25.2 Å². The van der Waals surface area contributed by atoms with Gasteiger partial charge in [-0.25, -0.2) is 0 Å². The standard InChI is InChI=1S/C17H18N4O4/c1-20-11-4-2-3-5-14(11)25-9-13(17(20)23)21-12-8-24-7-6-10(12)15(19-21)16(18)22/h2-5,13H,6-9H2,1H3,(H2,18,22)/t13-/m0/s1. The van der Waals surface area contributed by atoms with Gasteiger partial charge in [0.2, 0.25) is 0 Å². The molecule has 2 N–H and O–H groups in total. The molecule has 130 valence electrons. The van der Waals surface area contributed by atoms with E-state index in [2.05, 4.69) is 5.10 Å². The second-order valence-electron chi connectivity index (χ2n) is 6.08. The van der Waals surface area contributed by atoms with Crippen molar-refractivity contribution in [3.8, 4) is 5.75 Å². The van der Waals surface area contributed by atoms with Crippen molar-refractivity contribution >= 4 is 17.5 Å². The highest BCUT2D eigenvalue weighted by Crippen LogP contribution is 2.33. The summed E-state index contributed by atoms with van der Waals surface area (Å²) in [6.07, 6.45) is 0.547. The average Bonchev–Trinajstić information content (AvgIpc) is 2.96. The highest BCUT2D eigenvalue weighted by atomic mass is 16.5. The minimum atomic E-state index is -0.694. The fourth-order valence-electron chi connectivity index (χ4n) is 3.33. The van der Waals surface area contributed by atoms with Crippen LogP contribution in [0.4, 0.5) is 5.69 Å². The van der Waals surface area contributed by atoms with Gasteiger partial charge in [-0.3, -0.25) is 14.3 Å². The molecule has 0 spiro atoms. The largest absolute Gasteiger partial charge is 0.489 e. The van der Waals surface area contributed by atoms with Crippen LogP contribution >= 0.6 is 0 Å². The number of amides is 2. The third-order valence-corrected chi connectivity index (χ3v) is 4.62. The molecule has 0 unspecified atom stereocenters.